The zero-order chi connectivity index (χ0) is 19.3. The molecule has 4 rings (SSSR count). The summed E-state index contributed by atoms with van der Waals surface area (Å²) in [6, 6.07) is 20.5. The Bertz CT molecular complexity index is 973. The van der Waals surface area contributed by atoms with E-state index in [0.717, 1.165) is 22.3 Å². The number of benzene rings is 2. The first kappa shape index (κ1) is 17.9. The molecule has 0 spiro atoms. The smallest absolute Gasteiger partial charge is 0.247 e. The molecule has 0 saturated carbocycles. The first-order chi connectivity index (χ1) is 13.7. The van der Waals surface area contributed by atoms with Crippen molar-refractivity contribution in [2.24, 2.45) is 0 Å². The van der Waals surface area contributed by atoms with Gasteiger partial charge in [0.25, 0.3) is 0 Å². The summed E-state index contributed by atoms with van der Waals surface area (Å²) in [5, 5.41) is 2.97. The molecule has 5 heteroatoms. The fourth-order valence-corrected chi connectivity index (χ4v) is 3.57. The number of carbonyl (C=O) groups is 2. The van der Waals surface area contributed by atoms with Crippen LogP contribution in [0.5, 0.6) is 0 Å². The van der Waals surface area contributed by atoms with Gasteiger partial charge in [-0.3, -0.25) is 14.6 Å². The summed E-state index contributed by atoms with van der Waals surface area (Å²) in [6.07, 6.45) is 3.74. The van der Waals surface area contributed by atoms with Crippen LogP contribution in [0.4, 0.5) is 0 Å². The zero-order valence-corrected chi connectivity index (χ0v) is 15.4. The molecule has 2 amide bonds. The average molecular weight is 371 g/mol. The summed E-state index contributed by atoms with van der Waals surface area (Å²) in [7, 11) is 0. The van der Waals surface area contributed by atoms with Gasteiger partial charge in [-0.2, -0.15) is 0 Å². The van der Waals surface area contributed by atoms with Gasteiger partial charge in [0.2, 0.25) is 11.8 Å². The van der Waals surface area contributed by atoms with E-state index in [4.69, 9.17) is 0 Å². The summed E-state index contributed by atoms with van der Waals surface area (Å²) < 4.78 is 0. The highest BCUT2D eigenvalue weighted by Crippen LogP contribution is 2.32. The molecule has 0 aliphatic carbocycles. The second-order valence-corrected chi connectivity index (χ2v) is 6.86. The third-order valence-electron chi connectivity index (χ3n) is 4.96. The molecule has 3 aromatic rings. The molecule has 2 heterocycles. The van der Waals surface area contributed by atoms with E-state index in [1.54, 1.807) is 17.3 Å². The van der Waals surface area contributed by atoms with Gasteiger partial charge in [0.05, 0.1) is 6.42 Å². The Kier molecular flexibility index (Phi) is 5.15. The normalized spacial score (nSPS) is 15.8. The molecule has 1 atom stereocenters. The number of nitrogens with one attached hydrogen (secondary N) is 1. The lowest BCUT2D eigenvalue weighted by Crippen LogP contribution is -2.46. The fraction of sp³-hybridized carbons (Fsp3) is 0.174. The molecule has 1 N–H and O–H groups in total. The lowest BCUT2D eigenvalue weighted by atomic mass is 9.91. The van der Waals surface area contributed by atoms with Crippen LogP contribution in [0.1, 0.15) is 28.3 Å². The number of hydrogen-bond acceptors (Lipinski definition) is 3. The number of fused-ring (bicyclic) bond motifs is 1. The van der Waals surface area contributed by atoms with E-state index < -0.39 is 6.04 Å². The SMILES string of the molecule is O=C(NCc1cccnc1)[C@H]1c2ccccc2CC(=O)N1Cc1ccccc1. The number of carbonyl (C=O) groups excluding carboxylic acids is 2. The van der Waals surface area contributed by atoms with Gasteiger partial charge in [-0.25, -0.2) is 0 Å². The van der Waals surface area contributed by atoms with Gasteiger partial charge in [-0.1, -0.05) is 60.7 Å². The van der Waals surface area contributed by atoms with Crippen LogP contribution in [0, 0.1) is 0 Å². The Hall–Kier alpha value is -3.47. The van der Waals surface area contributed by atoms with Gasteiger partial charge < -0.3 is 10.2 Å². The lowest BCUT2D eigenvalue weighted by Gasteiger charge is -2.36. The minimum Gasteiger partial charge on any atom is -0.350 e. The Morgan fingerprint density at radius 1 is 1.00 bits per heavy atom. The van der Waals surface area contributed by atoms with Crippen molar-refractivity contribution in [2.75, 3.05) is 0 Å². The van der Waals surface area contributed by atoms with Crippen LogP contribution in [0.3, 0.4) is 0 Å². The number of nitrogens with zero attached hydrogens (tertiary/aromatic N) is 2. The number of rotatable bonds is 5. The molecular formula is C23H21N3O2. The third-order valence-corrected chi connectivity index (χ3v) is 4.96. The van der Waals surface area contributed by atoms with Gasteiger partial charge in [0.15, 0.2) is 0 Å². The zero-order valence-electron chi connectivity index (χ0n) is 15.4. The second-order valence-electron chi connectivity index (χ2n) is 6.86. The monoisotopic (exact) mass is 371 g/mol. The summed E-state index contributed by atoms with van der Waals surface area (Å²) in [4.78, 5) is 31.8. The van der Waals surface area contributed by atoms with Crippen molar-refractivity contribution >= 4 is 11.8 Å². The number of aromatic nitrogens is 1. The molecule has 0 radical (unpaired) electrons. The Morgan fingerprint density at radius 2 is 1.75 bits per heavy atom. The minimum atomic E-state index is -0.644. The van der Waals surface area contributed by atoms with Crippen LogP contribution >= 0.6 is 0 Å². The van der Waals surface area contributed by atoms with E-state index in [2.05, 4.69) is 10.3 Å². The van der Waals surface area contributed by atoms with E-state index in [1.807, 2.05) is 66.7 Å². The van der Waals surface area contributed by atoms with Gasteiger partial charge in [0.1, 0.15) is 6.04 Å². The average Bonchev–Trinajstić information content (AvgIpc) is 2.74. The van der Waals surface area contributed by atoms with Crippen molar-refractivity contribution in [3.63, 3.8) is 0 Å². The van der Waals surface area contributed by atoms with Crippen molar-refractivity contribution < 1.29 is 9.59 Å². The van der Waals surface area contributed by atoms with E-state index in [-0.39, 0.29) is 11.8 Å². The Labute approximate surface area is 164 Å². The predicted molar refractivity (Wildman–Crippen MR) is 106 cm³/mol. The highest BCUT2D eigenvalue weighted by atomic mass is 16.2. The van der Waals surface area contributed by atoms with E-state index in [9.17, 15) is 9.59 Å². The highest BCUT2D eigenvalue weighted by molar-refractivity contribution is 5.92. The molecule has 140 valence electrons. The highest BCUT2D eigenvalue weighted by Gasteiger charge is 2.36. The van der Waals surface area contributed by atoms with Crippen molar-refractivity contribution in [3.05, 3.63) is 101 Å². The van der Waals surface area contributed by atoms with Crippen LogP contribution in [0.2, 0.25) is 0 Å². The molecule has 1 aliphatic heterocycles. The number of amides is 2. The lowest BCUT2D eigenvalue weighted by molar-refractivity contribution is -0.142. The standard InChI is InChI=1S/C23H21N3O2/c27-21-13-19-10-4-5-11-20(19)22(26(21)16-17-7-2-1-3-8-17)23(28)25-15-18-9-6-12-24-14-18/h1-12,14,22H,13,15-16H2,(H,25,28)/t22-/m1/s1. The van der Waals surface area contributed by atoms with E-state index >= 15 is 0 Å². The molecule has 5 nitrogen and oxygen atoms in total. The molecule has 0 saturated heterocycles. The summed E-state index contributed by atoms with van der Waals surface area (Å²) >= 11 is 0. The third kappa shape index (κ3) is 3.78. The van der Waals surface area contributed by atoms with Crippen LogP contribution in [-0.4, -0.2) is 21.7 Å². The van der Waals surface area contributed by atoms with Crippen LogP contribution in [0.15, 0.2) is 79.1 Å². The molecule has 0 bridgehead atoms. The summed E-state index contributed by atoms with van der Waals surface area (Å²) in [6.45, 7) is 0.775. The van der Waals surface area contributed by atoms with E-state index in [0.29, 0.717) is 19.5 Å². The molecular weight excluding hydrogens is 350 g/mol. The van der Waals surface area contributed by atoms with Gasteiger partial charge >= 0.3 is 0 Å². The van der Waals surface area contributed by atoms with Crippen molar-refractivity contribution in [2.45, 2.75) is 25.6 Å². The fourth-order valence-electron chi connectivity index (χ4n) is 3.57. The number of pyridine rings is 1. The predicted octanol–water partition coefficient (Wildman–Crippen LogP) is 3.02. The first-order valence-electron chi connectivity index (χ1n) is 9.30. The van der Waals surface area contributed by atoms with Crippen LogP contribution < -0.4 is 5.32 Å². The molecule has 1 aromatic heterocycles. The van der Waals surface area contributed by atoms with Crippen LogP contribution in [0.25, 0.3) is 0 Å². The topological polar surface area (TPSA) is 62.3 Å². The molecule has 0 unspecified atom stereocenters. The van der Waals surface area contributed by atoms with Gasteiger partial charge in [-0.15, -0.1) is 0 Å². The Morgan fingerprint density at radius 3 is 2.54 bits per heavy atom. The van der Waals surface area contributed by atoms with Crippen molar-refractivity contribution in [1.29, 1.82) is 0 Å². The van der Waals surface area contributed by atoms with Crippen molar-refractivity contribution in [1.82, 2.24) is 15.2 Å². The molecule has 0 fully saturated rings. The van der Waals surface area contributed by atoms with Crippen LogP contribution in [-0.2, 0) is 29.1 Å². The maximum Gasteiger partial charge on any atom is 0.247 e. The van der Waals surface area contributed by atoms with E-state index in [1.165, 1.54) is 0 Å². The summed E-state index contributed by atoms with van der Waals surface area (Å²) in [5.41, 5.74) is 3.72. The van der Waals surface area contributed by atoms with Crippen molar-refractivity contribution in [3.8, 4) is 0 Å². The van der Waals surface area contributed by atoms with Gasteiger partial charge in [-0.05, 0) is 28.3 Å². The molecule has 1 aliphatic rings. The maximum absolute atomic E-state index is 13.2. The minimum absolute atomic E-state index is 0.0379. The quantitative estimate of drug-likeness (QED) is 0.750. The first-order valence-corrected chi connectivity index (χ1v) is 9.30. The second kappa shape index (κ2) is 8.05. The van der Waals surface area contributed by atoms with Gasteiger partial charge in [0, 0.05) is 25.5 Å². The maximum atomic E-state index is 13.2. The molecule has 2 aromatic carbocycles. The Balaban J connectivity index is 1.62. The number of hydrogen-bond donors (Lipinski definition) is 1. The summed E-state index contributed by atoms with van der Waals surface area (Å²) in [5.74, 6) is -0.218. The largest absolute Gasteiger partial charge is 0.350 e. The molecule has 28 heavy (non-hydrogen) atoms.